The van der Waals surface area contributed by atoms with Crippen LogP contribution < -0.4 is 9.47 Å². The molecule has 0 fully saturated rings. The molecule has 0 radical (unpaired) electrons. The van der Waals surface area contributed by atoms with Crippen molar-refractivity contribution >= 4 is 33.9 Å². The van der Waals surface area contributed by atoms with E-state index in [0.717, 1.165) is 34.9 Å². The summed E-state index contributed by atoms with van der Waals surface area (Å²) >= 11 is 0. The zero-order valence-corrected chi connectivity index (χ0v) is 15.5. The van der Waals surface area contributed by atoms with Crippen molar-refractivity contribution in [2.45, 2.75) is 12.8 Å². The van der Waals surface area contributed by atoms with Crippen LogP contribution in [0.4, 0.5) is 0 Å². The van der Waals surface area contributed by atoms with Crippen molar-refractivity contribution in [3.63, 3.8) is 0 Å². The van der Waals surface area contributed by atoms with E-state index >= 15 is 0 Å². The molecule has 0 N–H and O–H groups in total. The van der Waals surface area contributed by atoms with Crippen LogP contribution in [0.1, 0.15) is 12.0 Å². The molecule has 28 heavy (non-hydrogen) atoms. The Hall–Kier alpha value is -3.54. The summed E-state index contributed by atoms with van der Waals surface area (Å²) in [5, 5.41) is 1.79. The molecule has 3 aromatic rings. The lowest BCUT2D eigenvalue weighted by molar-refractivity contribution is -0.137. The van der Waals surface area contributed by atoms with Gasteiger partial charge in [0, 0.05) is 22.9 Å². The Kier molecular flexibility index (Phi) is 5.79. The summed E-state index contributed by atoms with van der Waals surface area (Å²) in [5.41, 5.74) is 2.25. The van der Waals surface area contributed by atoms with Crippen LogP contribution in [0.25, 0.3) is 21.9 Å². The summed E-state index contributed by atoms with van der Waals surface area (Å²) in [7, 11) is 1.49. The third-order valence-corrected chi connectivity index (χ3v) is 4.23. The Morgan fingerprint density at radius 2 is 1.82 bits per heavy atom. The summed E-state index contributed by atoms with van der Waals surface area (Å²) in [4.78, 5) is 22.6. The first-order valence-corrected chi connectivity index (χ1v) is 8.73. The molecule has 0 aliphatic rings. The van der Waals surface area contributed by atoms with E-state index in [0.29, 0.717) is 29.9 Å². The highest BCUT2D eigenvalue weighted by atomic mass is 16.6. The molecule has 6 nitrogen and oxygen atoms in total. The Morgan fingerprint density at radius 3 is 2.54 bits per heavy atom. The number of hydrogen-bond donors (Lipinski definition) is 0. The first kappa shape index (κ1) is 19.2. The molecular formula is C22H20O6. The minimum Gasteiger partial charge on any atom is -0.490 e. The Morgan fingerprint density at radius 1 is 1.07 bits per heavy atom. The van der Waals surface area contributed by atoms with Crippen molar-refractivity contribution in [3.8, 4) is 11.5 Å². The van der Waals surface area contributed by atoms with Crippen molar-refractivity contribution < 1.29 is 28.2 Å². The van der Waals surface area contributed by atoms with Crippen LogP contribution in [0, 0.1) is 0 Å². The van der Waals surface area contributed by atoms with E-state index < -0.39 is 11.9 Å². The van der Waals surface area contributed by atoms with Crippen molar-refractivity contribution in [3.05, 3.63) is 61.2 Å². The van der Waals surface area contributed by atoms with Gasteiger partial charge in [-0.1, -0.05) is 25.3 Å². The number of aryl methyl sites for hydroxylation is 1. The molecule has 0 saturated carbocycles. The fourth-order valence-corrected chi connectivity index (χ4v) is 2.93. The maximum Gasteiger partial charge on any atom is 0.335 e. The van der Waals surface area contributed by atoms with Gasteiger partial charge in [0.2, 0.25) is 5.75 Å². The average Bonchev–Trinajstić information content (AvgIpc) is 3.08. The monoisotopic (exact) mass is 380 g/mol. The molecule has 0 spiro atoms. The molecule has 0 aliphatic carbocycles. The van der Waals surface area contributed by atoms with Crippen molar-refractivity contribution in [2.24, 2.45) is 0 Å². The summed E-state index contributed by atoms with van der Waals surface area (Å²) in [5.74, 6) is -0.383. The summed E-state index contributed by atoms with van der Waals surface area (Å²) in [6.45, 7) is 7.08. The van der Waals surface area contributed by atoms with Crippen LogP contribution in [-0.2, 0) is 20.7 Å². The highest BCUT2D eigenvalue weighted by molar-refractivity contribution is 6.08. The van der Waals surface area contributed by atoms with E-state index in [-0.39, 0.29) is 5.75 Å². The second kappa shape index (κ2) is 8.43. The number of rotatable bonds is 8. The Labute approximate surface area is 162 Å². The summed E-state index contributed by atoms with van der Waals surface area (Å²) in [6, 6.07) is 9.41. The first-order chi connectivity index (χ1) is 13.6. The van der Waals surface area contributed by atoms with Gasteiger partial charge in [-0.25, -0.2) is 9.59 Å². The molecule has 0 aliphatic heterocycles. The number of furan rings is 1. The van der Waals surface area contributed by atoms with Gasteiger partial charge in [-0.05, 0) is 36.6 Å². The molecule has 144 valence electrons. The maximum absolute atomic E-state index is 11.5. The van der Waals surface area contributed by atoms with Gasteiger partial charge < -0.3 is 18.6 Å². The number of hydrogen-bond acceptors (Lipinski definition) is 6. The van der Waals surface area contributed by atoms with Gasteiger partial charge in [-0.3, -0.25) is 0 Å². The van der Waals surface area contributed by atoms with E-state index in [4.69, 9.17) is 18.6 Å². The third kappa shape index (κ3) is 3.91. The van der Waals surface area contributed by atoms with Crippen LogP contribution >= 0.6 is 0 Å². The Bertz CT molecular complexity index is 1060. The SMILES string of the molecule is C=CC(=O)OCCCc1ccc2c(c1)oc1c(OC)c(OC(=O)C=C)ccc12. The van der Waals surface area contributed by atoms with E-state index in [1.165, 1.54) is 7.11 Å². The largest absolute Gasteiger partial charge is 0.490 e. The smallest absolute Gasteiger partial charge is 0.335 e. The Balaban J connectivity index is 1.88. The lowest BCUT2D eigenvalue weighted by Gasteiger charge is -2.07. The van der Waals surface area contributed by atoms with Gasteiger partial charge in [0.15, 0.2) is 11.3 Å². The number of ether oxygens (including phenoxy) is 3. The fraction of sp³-hybridized carbons (Fsp3) is 0.182. The van der Waals surface area contributed by atoms with Crippen LogP contribution in [0.3, 0.4) is 0 Å². The molecule has 0 unspecified atom stereocenters. The molecular weight excluding hydrogens is 360 g/mol. The van der Waals surface area contributed by atoms with E-state index in [9.17, 15) is 9.59 Å². The highest BCUT2D eigenvalue weighted by Gasteiger charge is 2.18. The zero-order valence-electron chi connectivity index (χ0n) is 15.5. The lowest BCUT2D eigenvalue weighted by Crippen LogP contribution is -2.04. The standard InChI is InChI=1S/C22H20O6/c1-4-19(23)26-12-6-7-14-8-9-15-16-10-11-17(27-20(24)5-2)22(25-3)21(16)28-18(15)13-14/h4-5,8-11,13H,1-2,6-7,12H2,3H3. The second-order valence-corrected chi connectivity index (χ2v) is 6.01. The quantitative estimate of drug-likeness (QED) is 0.250. The first-order valence-electron chi connectivity index (χ1n) is 8.73. The summed E-state index contributed by atoms with van der Waals surface area (Å²) < 4.78 is 21.6. The van der Waals surface area contributed by atoms with Crippen LogP contribution in [0.5, 0.6) is 11.5 Å². The molecule has 0 saturated heterocycles. The normalized spacial score (nSPS) is 10.6. The molecule has 3 rings (SSSR count). The fourth-order valence-electron chi connectivity index (χ4n) is 2.93. The molecule has 1 aromatic heterocycles. The van der Waals surface area contributed by atoms with Gasteiger partial charge >= 0.3 is 11.9 Å². The maximum atomic E-state index is 11.5. The molecule has 0 amide bonds. The van der Waals surface area contributed by atoms with Crippen molar-refractivity contribution in [1.82, 2.24) is 0 Å². The summed E-state index contributed by atoms with van der Waals surface area (Å²) in [6.07, 6.45) is 3.66. The number of methoxy groups -OCH3 is 1. The number of carbonyl (C=O) groups is 2. The van der Waals surface area contributed by atoms with Gasteiger partial charge in [0.1, 0.15) is 5.58 Å². The van der Waals surface area contributed by atoms with E-state index in [1.54, 1.807) is 6.07 Å². The van der Waals surface area contributed by atoms with Crippen molar-refractivity contribution in [2.75, 3.05) is 13.7 Å². The van der Waals surface area contributed by atoms with Crippen LogP contribution in [-0.4, -0.2) is 25.7 Å². The van der Waals surface area contributed by atoms with E-state index in [1.807, 2.05) is 24.3 Å². The lowest BCUT2D eigenvalue weighted by atomic mass is 10.1. The number of esters is 2. The van der Waals surface area contributed by atoms with Crippen LogP contribution in [0.15, 0.2) is 60.1 Å². The molecule has 6 heteroatoms. The van der Waals surface area contributed by atoms with Gasteiger partial charge in [-0.2, -0.15) is 0 Å². The molecule has 0 atom stereocenters. The van der Waals surface area contributed by atoms with Crippen molar-refractivity contribution in [1.29, 1.82) is 0 Å². The molecule has 1 heterocycles. The minimum absolute atomic E-state index is 0.267. The molecule has 2 aromatic carbocycles. The number of carbonyl (C=O) groups excluding carboxylic acids is 2. The zero-order chi connectivity index (χ0) is 20.1. The third-order valence-electron chi connectivity index (χ3n) is 4.23. The van der Waals surface area contributed by atoms with Gasteiger partial charge in [0.25, 0.3) is 0 Å². The topological polar surface area (TPSA) is 75.0 Å². The predicted molar refractivity (Wildman–Crippen MR) is 106 cm³/mol. The average molecular weight is 380 g/mol. The highest BCUT2D eigenvalue weighted by Crippen LogP contribution is 2.41. The number of benzene rings is 2. The predicted octanol–water partition coefficient (Wildman–Crippen LogP) is 4.35. The van der Waals surface area contributed by atoms with Crippen LogP contribution in [0.2, 0.25) is 0 Å². The minimum atomic E-state index is -0.576. The van der Waals surface area contributed by atoms with Gasteiger partial charge in [-0.15, -0.1) is 0 Å². The second-order valence-electron chi connectivity index (χ2n) is 6.01. The molecule has 0 bridgehead atoms. The van der Waals surface area contributed by atoms with E-state index in [2.05, 4.69) is 13.2 Å². The number of fused-ring (bicyclic) bond motifs is 3. The van der Waals surface area contributed by atoms with Gasteiger partial charge in [0.05, 0.1) is 13.7 Å².